The predicted octanol–water partition coefficient (Wildman–Crippen LogP) is 4.08. The van der Waals surface area contributed by atoms with Crippen LogP contribution in [0.4, 0.5) is 5.69 Å². The summed E-state index contributed by atoms with van der Waals surface area (Å²) in [4.78, 5) is 12.3. The van der Waals surface area contributed by atoms with E-state index in [1.807, 2.05) is 19.1 Å². The standard InChI is InChI=1S/C17H25ClN2O/c1-11-6-4-9-16(12(11)2)19-13(3)17(21)20-15-8-5-7-14(18)10-15/h5,7-8,10-13,16,19H,4,6,9H2,1-3H3,(H,20,21)/t11-,12+,13-,16-/m0/s1. The zero-order chi connectivity index (χ0) is 15.4. The van der Waals surface area contributed by atoms with Crippen molar-refractivity contribution in [3.63, 3.8) is 0 Å². The maximum absolute atomic E-state index is 12.3. The highest BCUT2D eigenvalue weighted by atomic mass is 35.5. The van der Waals surface area contributed by atoms with Gasteiger partial charge in [-0.05, 0) is 43.4 Å². The third kappa shape index (κ3) is 4.45. The van der Waals surface area contributed by atoms with E-state index < -0.39 is 0 Å². The van der Waals surface area contributed by atoms with Gasteiger partial charge in [0.15, 0.2) is 0 Å². The second-order valence-corrected chi connectivity index (χ2v) is 6.70. The quantitative estimate of drug-likeness (QED) is 0.880. The molecule has 2 N–H and O–H groups in total. The van der Waals surface area contributed by atoms with Gasteiger partial charge in [-0.1, -0.05) is 44.4 Å². The van der Waals surface area contributed by atoms with Gasteiger partial charge in [0.2, 0.25) is 5.91 Å². The first-order valence-electron chi connectivity index (χ1n) is 7.80. The first-order chi connectivity index (χ1) is 9.97. The maximum atomic E-state index is 12.3. The van der Waals surface area contributed by atoms with Gasteiger partial charge in [-0.3, -0.25) is 4.79 Å². The fourth-order valence-electron chi connectivity index (χ4n) is 3.03. The average molecular weight is 309 g/mol. The molecule has 0 aliphatic heterocycles. The van der Waals surface area contributed by atoms with Gasteiger partial charge in [0.05, 0.1) is 6.04 Å². The van der Waals surface area contributed by atoms with E-state index in [1.54, 1.807) is 12.1 Å². The largest absolute Gasteiger partial charge is 0.325 e. The van der Waals surface area contributed by atoms with Crippen LogP contribution in [0.2, 0.25) is 5.02 Å². The molecule has 0 bridgehead atoms. The molecular formula is C17H25ClN2O. The Morgan fingerprint density at radius 2 is 2.10 bits per heavy atom. The van der Waals surface area contributed by atoms with Crippen LogP contribution < -0.4 is 10.6 Å². The number of rotatable bonds is 4. The van der Waals surface area contributed by atoms with Gasteiger partial charge >= 0.3 is 0 Å². The minimum Gasteiger partial charge on any atom is -0.325 e. The molecule has 116 valence electrons. The molecule has 0 spiro atoms. The fourth-order valence-corrected chi connectivity index (χ4v) is 3.22. The second kappa shape index (κ2) is 7.28. The zero-order valence-corrected chi connectivity index (χ0v) is 13.8. The highest BCUT2D eigenvalue weighted by Crippen LogP contribution is 2.29. The van der Waals surface area contributed by atoms with Crippen LogP contribution in [0.3, 0.4) is 0 Å². The number of amides is 1. The van der Waals surface area contributed by atoms with Crippen LogP contribution in [0, 0.1) is 11.8 Å². The summed E-state index contributed by atoms with van der Waals surface area (Å²) in [6, 6.07) is 7.46. The molecule has 3 nitrogen and oxygen atoms in total. The molecule has 21 heavy (non-hydrogen) atoms. The lowest BCUT2D eigenvalue weighted by molar-refractivity contribution is -0.118. The van der Waals surface area contributed by atoms with E-state index in [2.05, 4.69) is 24.5 Å². The number of benzene rings is 1. The first-order valence-corrected chi connectivity index (χ1v) is 8.17. The van der Waals surface area contributed by atoms with Gasteiger partial charge in [-0.2, -0.15) is 0 Å². The highest BCUT2D eigenvalue weighted by molar-refractivity contribution is 6.30. The lowest BCUT2D eigenvalue weighted by atomic mass is 9.78. The molecule has 4 heteroatoms. The Labute approximate surface area is 132 Å². The molecule has 1 aliphatic carbocycles. The minimum atomic E-state index is -0.207. The third-order valence-electron chi connectivity index (χ3n) is 4.66. The van der Waals surface area contributed by atoms with Crippen molar-refractivity contribution in [1.82, 2.24) is 5.32 Å². The molecule has 4 atom stereocenters. The van der Waals surface area contributed by atoms with Crippen LogP contribution in [0.15, 0.2) is 24.3 Å². The summed E-state index contributed by atoms with van der Waals surface area (Å²) in [6.07, 6.45) is 3.69. The van der Waals surface area contributed by atoms with Crippen LogP contribution in [-0.2, 0) is 4.79 Å². The molecule has 1 aromatic rings. The summed E-state index contributed by atoms with van der Waals surface area (Å²) in [7, 11) is 0. The Hall–Kier alpha value is -1.06. The molecule has 1 saturated carbocycles. The van der Waals surface area contributed by atoms with Crippen molar-refractivity contribution >= 4 is 23.2 Å². The van der Waals surface area contributed by atoms with Crippen LogP contribution in [0.1, 0.15) is 40.0 Å². The number of carbonyl (C=O) groups excluding carboxylic acids is 1. The molecule has 0 saturated heterocycles. The SMILES string of the molecule is C[C@H]1[C@@H](N[C@@H](C)C(=O)Nc2cccc(Cl)c2)CCC[C@@H]1C. The number of nitrogens with one attached hydrogen (secondary N) is 2. The molecule has 1 amide bonds. The van der Waals surface area contributed by atoms with Crippen LogP contribution in [0.5, 0.6) is 0 Å². The lowest BCUT2D eigenvalue weighted by Gasteiger charge is -2.36. The minimum absolute atomic E-state index is 0.0114. The van der Waals surface area contributed by atoms with Crippen molar-refractivity contribution in [3.05, 3.63) is 29.3 Å². The van der Waals surface area contributed by atoms with E-state index in [0.717, 1.165) is 18.0 Å². The topological polar surface area (TPSA) is 41.1 Å². The van der Waals surface area contributed by atoms with Crippen molar-refractivity contribution < 1.29 is 4.79 Å². The second-order valence-electron chi connectivity index (χ2n) is 6.26. The van der Waals surface area contributed by atoms with Crippen molar-refractivity contribution in [1.29, 1.82) is 0 Å². The Morgan fingerprint density at radius 3 is 2.81 bits per heavy atom. The monoisotopic (exact) mass is 308 g/mol. The molecular weight excluding hydrogens is 284 g/mol. The number of carbonyl (C=O) groups is 1. The average Bonchev–Trinajstić information content (AvgIpc) is 2.44. The maximum Gasteiger partial charge on any atom is 0.241 e. The van der Waals surface area contributed by atoms with Crippen LogP contribution in [0.25, 0.3) is 0 Å². The summed E-state index contributed by atoms with van der Waals surface area (Å²) in [5, 5.41) is 7.03. The van der Waals surface area contributed by atoms with E-state index in [-0.39, 0.29) is 11.9 Å². The molecule has 0 radical (unpaired) electrons. The number of hydrogen-bond donors (Lipinski definition) is 2. The number of anilines is 1. The van der Waals surface area contributed by atoms with Gasteiger partial charge in [0.1, 0.15) is 0 Å². The Bertz CT molecular complexity index is 491. The van der Waals surface area contributed by atoms with Gasteiger partial charge in [0, 0.05) is 16.8 Å². The summed E-state index contributed by atoms with van der Waals surface area (Å²) in [5.41, 5.74) is 0.742. The van der Waals surface area contributed by atoms with E-state index in [1.165, 1.54) is 12.8 Å². The summed E-state index contributed by atoms with van der Waals surface area (Å²) in [5.74, 6) is 1.32. The van der Waals surface area contributed by atoms with E-state index in [4.69, 9.17) is 11.6 Å². The molecule has 0 aromatic heterocycles. The summed E-state index contributed by atoms with van der Waals surface area (Å²) in [6.45, 7) is 6.50. The van der Waals surface area contributed by atoms with Crippen LogP contribution >= 0.6 is 11.6 Å². The molecule has 2 rings (SSSR count). The van der Waals surface area contributed by atoms with E-state index in [0.29, 0.717) is 17.0 Å². The first kappa shape index (κ1) is 16.3. The van der Waals surface area contributed by atoms with Gasteiger partial charge < -0.3 is 10.6 Å². The van der Waals surface area contributed by atoms with Crippen molar-refractivity contribution in [2.75, 3.05) is 5.32 Å². The van der Waals surface area contributed by atoms with Gasteiger partial charge in [-0.15, -0.1) is 0 Å². The Balaban J connectivity index is 1.90. The van der Waals surface area contributed by atoms with Crippen molar-refractivity contribution in [2.24, 2.45) is 11.8 Å². The fraction of sp³-hybridized carbons (Fsp3) is 0.588. The third-order valence-corrected chi connectivity index (χ3v) is 4.89. The van der Waals surface area contributed by atoms with E-state index in [9.17, 15) is 4.79 Å². The summed E-state index contributed by atoms with van der Waals surface area (Å²) >= 11 is 5.93. The molecule has 1 aromatic carbocycles. The normalized spacial score (nSPS) is 27.1. The molecule has 1 fully saturated rings. The van der Waals surface area contributed by atoms with Crippen molar-refractivity contribution in [2.45, 2.75) is 52.1 Å². The number of hydrogen-bond acceptors (Lipinski definition) is 2. The zero-order valence-electron chi connectivity index (χ0n) is 13.0. The van der Waals surface area contributed by atoms with Gasteiger partial charge in [0.25, 0.3) is 0 Å². The number of halogens is 1. The molecule has 0 heterocycles. The Morgan fingerprint density at radius 1 is 1.33 bits per heavy atom. The predicted molar refractivity (Wildman–Crippen MR) is 88.6 cm³/mol. The van der Waals surface area contributed by atoms with Gasteiger partial charge in [-0.25, -0.2) is 0 Å². The highest BCUT2D eigenvalue weighted by Gasteiger charge is 2.29. The van der Waals surface area contributed by atoms with Crippen molar-refractivity contribution in [3.8, 4) is 0 Å². The summed E-state index contributed by atoms with van der Waals surface area (Å²) < 4.78 is 0. The lowest BCUT2D eigenvalue weighted by Crippen LogP contribution is -2.49. The van der Waals surface area contributed by atoms with Crippen LogP contribution in [-0.4, -0.2) is 18.0 Å². The molecule has 1 aliphatic rings. The molecule has 0 unspecified atom stereocenters. The smallest absolute Gasteiger partial charge is 0.241 e. The van der Waals surface area contributed by atoms with E-state index >= 15 is 0 Å². The Kier molecular flexibility index (Phi) is 5.65.